The van der Waals surface area contributed by atoms with Crippen LogP contribution in [0, 0.1) is 11.7 Å². The standard InChI is InChI=1S/C22H18ClF2N5O2/c1-10(3-5-31)17-20(25)19(23)18(14-9-26-28-21(14)17)11-2-4-30-12(6-11)7-16(29-30)27-22(32)13-8-15(13)24/h2,4-7,9-10,13,15H,3,8H2,1H3,(H,26,28)(H,27,29,32)/t10?,13-,15+/m1/s1. The Bertz CT molecular complexity index is 1380. The molecule has 0 spiro atoms. The summed E-state index contributed by atoms with van der Waals surface area (Å²) >= 11 is 6.47. The number of nitrogens with one attached hydrogen (secondary N) is 2. The van der Waals surface area contributed by atoms with E-state index >= 15 is 4.39 Å². The Balaban J connectivity index is 1.58. The van der Waals surface area contributed by atoms with Gasteiger partial charge in [0.15, 0.2) is 5.82 Å². The van der Waals surface area contributed by atoms with E-state index in [-0.39, 0.29) is 23.8 Å². The summed E-state index contributed by atoms with van der Waals surface area (Å²) in [6.07, 6.45) is 3.28. The van der Waals surface area contributed by atoms with Crippen LogP contribution in [0.25, 0.3) is 27.5 Å². The van der Waals surface area contributed by atoms with E-state index in [9.17, 15) is 14.0 Å². The second kappa shape index (κ2) is 7.67. The second-order valence-electron chi connectivity index (χ2n) is 8.04. The Morgan fingerprint density at radius 3 is 2.97 bits per heavy atom. The largest absolute Gasteiger partial charge is 0.309 e. The van der Waals surface area contributed by atoms with Crippen LogP contribution >= 0.6 is 11.6 Å². The molecule has 0 bridgehead atoms. The Hall–Kier alpha value is -3.33. The summed E-state index contributed by atoms with van der Waals surface area (Å²) in [5, 5.41) is 14.4. The van der Waals surface area contributed by atoms with Gasteiger partial charge < -0.3 is 10.1 Å². The maximum atomic E-state index is 15.3. The van der Waals surface area contributed by atoms with E-state index in [1.54, 1.807) is 42.0 Å². The molecule has 164 valence electrons. The zero-order chi connectivity index (χ0) is 22.6. The number of benzene rings is 1. The fourth-order valence-electron chi connectivity index (χ4n) is 4.01. The molecule has 3 atom stereocenters. The highest BCUT2D eigenvalue weighted by Crippen LogP contribution is 2.42. The fourth-order valence-corrected chi connectivity index (χ4v) is 4.32. The van der Waals surface area contributed by atoms with Gasteiger partial charge in [-0.1, -0.05) is 18.5 Å². The predicted octanol–water partition coefficient (Wildman–Crippen LogP) is 4.66. The summed E-state index contributed by atoms with van der Waals surface area (Å²) in [6.45, 7) is 1.75. The molecule has 3 aromatic heterocycles. The zero-order valence-corrected chi connectivity index (χ0v) is 17.7. The summed E-state index contributed by atoms with van der Waals surface area (Å²) in [7, 11) is 0. The average Bonchev–Trinajstić information content (AvgIpc) is 3.12. The van der Waals surface area contributed by atoms with Gasteiger partial charge in [-0.15, -0.1) is 0 Å². The number of halogens is 3. The molecule has 0 radical (unpaired) electrons. The minimum atomic E-state index is -1.09. The van der Waals surface area contributed by atoms with Crippen LogP contribution in [-0.2, 0) is 9.59 Å². The number of carbonyl (C=O) groups is 2. The minimum Gasteiger partial charge on any atom is -0.309 e. The molecule has 7 nitrogen and oxygen atoms in total. The summed E-state index contributed by atoms with van der Waals surface area (Å²) in [4.78, 5) is 23.0. The first-order chi connectivity index (χ1) is 15.4. The van der Waals surface area contributed by atoms with E-state index in [0.717, 1.165) is 6.29 Å². The summed E-state index contributed by atoms with van der Waals surface area (Å²) in [6, 6.07) is 5.14. The van der Waals surface area contributed by atoms with Gasteiger partial charge in [-0.25, -0.2) is 13.3 Å². The van der Waals surface area contributed by atoms with Crippen molar-refractivity contribution in [2.24, 2.45) is 5.92 Å². The first-order valence-corrected chi connectivity index (χ1v) is 10.5. The quantitative estimate of drug-likeness (QED) is 0.412. The fraction of sp³-hybridized carbons (Fsp3) is 0.273. The van der Waals surface area contributed by atoms with Crippen molar-refractivity contribution in [2.45, 2.75) is 31.9 Å². The van der Waals surface area contributed by atoms with E-state index in [2.05, 4.69) is 20.6 Å². The van der Waals surface area contributed by atoms with Crippen LogP contribution in [0.15, 0.2) is 30.6 Å². The molecule has 2 N–H and O–H groups in total. The molecule has 1 aliphatic rings. The Labute approximate surface area is 185 Å². The highest BCUT2D eigenvalue weighted by molar-refractivity contribution is 6.35. The monoisotopic (exact) mass is 457 g/mol. The van der Waals surface area contributed by atoms with Crippen LogP contribution in [0.2, 0.25) is 5.02 Å². The molecular weight excluding hydrogens is 440 g/mol. The lowest BCUT2D eigenvalue weighted by atomic mass is 9.91. The van der Waals surface area contributed by atoms with Crippen LogP contribution in [0.3, 0.4) is 0 Å². The van der Waals surface area contributed by atoms with Crippen molar-refractivity contribution in [1.29, 1.82) is 0 Å². The third kappa shape index (κ3) is 3.33. The van der Waals surface area contributed by atoms with Crippen LogP contribution in [0.5, 0.6) is 0 Å². The van der Waals surface area contributed by atoms with E-state index in [4.69, 9.17) is 11.6 Å². The first-order valence-electron chi connectivity index (χ1n) is 10.1. The predicted molar refractivity (Wildman–Crippen MR) is 116 cm³/mol. The molecule has 3 heterocycles. The molecule has 1 saturated carbocycles. The Kier molecular flexibility index (Phi) is 4.93. The number of anilines is 1. The summed E-state index contributed by atoms with van der Waals surface area (Å²) in [5.74, 6) is -1.69. The number of rotatable bonds is 6. The van der Waals surface area contributed by atoms with Crippen molar-refractivity contribution in [2.75, 3.05) is 5.32 Å². The van der Waals surface area contributed by atoms with Crippen molar-refractivity contribution in [3.63, 3.8) is 0 Å². The van der Waals surface area contributed by atoms with Gasteiger partial charge >= 0.3 is 0 Å². The maximum absolute atomic E-state index is 15.3. The molecule has 1 fully saturated rings. The first kappa shape index (κ1) is 20.6. The van der Waals surface area contributed by atoms with Crippen molar-refractivity contribution < 1.29 is 18.4 Å². The molecule has 1 amide bonds. The normalized spacial score (nSPS) is 18.8. The highest BCUT2D eigenvalue weighted by atomic mass is 35.5. The number of amides is 1. The molecule has 5 rings (SSSR count). The van der Waals surface area contributed by atoms with E-state index in [1.807, 2.05) is 0 Å². The number of fused-ring (bicyclic) bond motifs is 2. The SMILES string of the molecule is CC(CC=O)c1c(F)c(Cl)c(-c2ccn3nc(NC(=O)[C@@H]4C[C@@H]4F)cc3c2)c2cn[nH]c12. The van der Waals surface area contributed by atoms with Crippen molar-refractivity contribution in [3.8, 4) is 11.1 Å². The number of nitrogens with zero attached hydrogens (tertiary/aromatic N) is 3. The lowest BCUT2D eigenvalue weighted by molar-refractivity contribution is -0.117. The van der Waals surface area contributed by atoms with Crippen molar-refractivity contribution in [3.05, 3.63) is 47.0 Å². The number of aromatic nitrogens is 4. The van der Waals surface area contributed by atoms with Crippen LogP contribution < -0.4 is 5.32 Å². The van der Waals surface area contributed by atoms with Crippen LogP contribution in [0.4, 0.5) is 14.6 Å². The van der Waals surface area contributed by atoms with Crippen LogP contribution in [0.1, 0.15) is 31.2 Å². The molecule has 1 aliphatic carbocycles. The smallest absolute Gasteiger partial charge is 0.231 e. The number of pyridine rings is 1. The lowest BCUT2D eigenvalue weighted by Gasteiger charge is -2.16. The molecule has 0 saturated heterocycles. The van der Waals surface area contributed by atoms with Crippen molar-refractivity contribution in [1.82, 2.24) is 19.8 Å². The Morgan fingerprint density at radius 1 is 1.47 bits per heavy atom. The molecule has 10 heteroatoms. The zero-order valence-electron chi connectivity index (χ0n) is 16.9. The van der Waals surface area contributed by atoms with Gasteiger partial charge in [0.2, 0.25) is 5.91 Å². The average molecular weight is 458 g/mol. The van der Waals surface area contributed by atoms with Gasteiger partial charge in [0.1, 0.15) is 18.3 Å². The Morgan fingerprint density at radius 2 is 2.25 bits per heavy atom. The molecule has 0 aliphatic heterocycles. The lowest BCUT2D eigenvalue weighted by Crippen LogP contribution is -2.15. The second-order valence-corrected chi connectivity index (χ2v) is 8.42. The number of carbonyl (C=O) groups excluding carboxylic acids is 2. The van der Waals surface area contributed by atoms with Gasteiger partial charge in [-0.3, -0.25) is 9.89 Å². The molecule has 1 aromatic carbocycles. The number of hydrogen-bond acceptors (Lipinski definition) is 4. The van der Waals surface area contributed by atoms with E-state index < -0.39 is 23.8 Å². The third-order valence-corrected chi connectivity index (χ3v) is 6.18. The van der Waals surface area contributed by atoms with Crippen molar-refractivity contribution >= 4 is 46.0 Å². The number of alkyl halides is 1. The number of aldehydes is 1. The number of H-pyrrole nitrogens is 1. The number of aromatic amines is 1. The molecule has 32 heavy (non-hydrogen) atoms. The van der Waals surface area contributed by atoms with Gasteiger partial charge in [-0.05, 0) is 30.0 Å². The van der Waals surface area contributed by atoms with E-state index in [0.29, 0.717) is 38.9 Å². The highest BCUT2D eigenvalue weighted by Gasteiger charge is 2.43. The maximum Gasteiger partial charge on any atom is 0.231 e. The van der Waals surface area contributed by atoms with Gasteiger partial charge in [0.25, 0.3) is 0 Å². The van der Waals surface area contributed by atoms with E-state index in [1.165, 1.54) is 0 Å². The van der Waals surface area contributed by atoms with Crippen LogP contribution in [-0.4, -0.2) is 38.2 Å². The van der Waals surface area contributed by atoms with Gasteiger partial charge in [0.05, 0.1) is 28.2 Å². The third-order valence-electron chi connectivity index (χ3n) is 5.82. The molecule has 4 aromatic rings. The summed E-state index contributed by atoms with van der Waals surface area (Å²) in [5.41, 5.74) is 2.54. The molecule has 1 unspecified atom stereocenters. The minimum absolute atomic E-state index is 0.0632. The van der Waals surface area contributed by atoms with Gasteiger partial charge in [0, 0.05) is 35.2 Å². The topological polar surface area (TPSA) is 92.2 Å². The molecular formula is C22H18ClF2N5O2. The van der Waals surface area contributed by atoms with Gasteiger partial charge in [-0.2, -0.15) is 10.2 Å². The number of hydrogen-bond donors (Lipinski definition) is 2. The summed E-state index contributed by atoms with van der Waals surface area (Å²) < 4.78 is 30.0.